The van der Waals surface area contributed by atoms with E-state index < -0.39 is 16.3 Å². The van der Waals surface area contributed by atoms with E-state index in [-0.39, 0.29) is 0 Å². The average molecular weight is 236 g/mol. The molecule has 4 heteroatoms. The van der Waals surface area contributed by atoms with Crippen molar-refractivity contribution in [2.75, 3.05) is 19.0 Å². The molecular weight excluding hydrogens is 222 g/mol. The Balaban J connectivity index is 2.56. The average Bonchev–Trinajstić information content (AvgIpc) is 2.27. The number of nitrogens with zero attached hydrogens (tertiary/aromatic N) is 1. The molecule has 0 spiro atoms. The number of benzene rings is 1. The fraction of sp³-hybridized carbons (Fsp3) is 0.333. The first-order valence-electron chi connectivity index (χ1n) is 5.16. The Morgan fingerprint density at radius 1 is 1.44 bits per heavy atom. The normalized spacial score (nSPS) is 20.3. The number of rotatable bonds is 2. The Morgan fingerprint density at radius 2 is 2.19 bits per heavy atom. The van der Waals surface area contributed by atoms with Gasteiger partial charge in [-0.1, -0.05) is 24.3 Å². The lowest BCUT2D eigenvalue weighted by Crippen LogP contribution is -2.15. The van der Waals surface area contributed by atoms with E-state index in [1.165, 1.54) is 0 Å². The molecule has 0 saturated heterocycles. The summed E-state index contributed by atoms with van der Waals surface area (Å²) >= 11 is -2.05. The Kier molecular flexibility index (Phi) is 3.12. The first-order valence-corrected chi connectivity index (χ1v) is 6.30. The van der Waals surface area contributed by atoms with Crippen LogP contribution in [0.1, 0.15) is 22.8 Å². The summed E-state index contributed by atoms with van der Waals surface area (Å²) < 4.78 is 22.3. The highest BCUT2D eigenvalue weighted by Crippen LogP contribution is 2.36. The second-order valence-corrected chi connectivity index (χ2v) is 5.15. The maximum atomic E-state index is 11.2. The quantitative estimate of drug-likeness (QED) is 0.738. The number of anilines is 1. The second-order valence-electron chi connectivity index (χ2n) is 4.06. The van der Waals surface area contributed by atoms with Gasteiger partial charge in [-0.2, -0.15) is 0 Å². The molecular formula is C12H14NO2S-. The van der Waals surface area contributed by atoms with Crippen LogP contribution in [0.2, 0.25) is 0 Å². The number of fused-ring (bicyclic) bond motifs is 1. The molecule has 0 heterocycles. The molecule has 0 saturated carbocycles. The van der Waals surface area contributed by atoms with Crippen LogP contribution in [0.4, 0.5) is 5.69 Å². The summed E-state index contributed by atoms with van der Waals surface area (Å²) in [5.41, 5.74) is 2.99. The van der Waals surface area contributed by atoms with Crippen LogP contribution in [0.5, 0.6) is 0 Å². The summed E-state index contributed by atoms with van der Waals surface area (Å²) in [5, 5.41) is -0.403. The van der Waals surface area contributed by atoms with Crippen LogP contribution < -0.4 is 4.90 Å². The minimum absolute atomic E-state index is 0.403. The highest BCUT2D eigenvalue weighted by atomic mass is 32.2. The Labute approximate surface area is 98.1 Å². The molecule has 2 unspecified atom stereocenters. The van der Waals surface area contributed by atoms with Crippen LogP contribution in [-0.4, -0.2) is 22.9 Å². The van der Waals surface area contributed by atoms with E-state index >= 15 is 0 Å². The lowest BCUT2D eigenvalue weighted by Gasteiger charge is -2.27. The molecule has 0 bridgehead atoms. The minimum Gasteiger partial charge on any atom is -0.772 e. The summed E-state index contributed by atoms with van der Waals surface area (Å²) in [7, 11) is 3.92. The van der Waals surface area contributed by atoms with Gasteiger partial charge in [-0.25, -0.2) is 0 Å². The van der Waals surface area contributed by atoms with Crippen LogP contribution in [0.3, 0.4) is 0 Å². The Morgan fingerprint density at radius 3 is 2.81 bits per heavy atom. The third kappa shape index (κ3) is 1.90. The molecule has 0 radical (unpaired) electrons. The van der Waals surface area contributed by atoms with Gasteiger partial charge in [0.2, 0.25) is 0 Å². The number of allylic oxidation sites excluding steroid dienone is 1. The van der Waals surface area contributed by atoms with Crippen LogP contribution in [-0.2, 0) is 11.1 Å². The van der Waals surface area contributed by atoms with Crippen molar-refractivity contribution in [3.05, 3.63) is 35.4 Å². The monoisotopic (exact) mass is 236 g/mol. The van der Waals surface area contributed by atoms with E-state index in [0.717, 1.165) is 16.8 Å². The zero-order valence-electron chi connectivity index (χ0n) is 9.34. The zero-order valence-corrected chi connectivity index (χ0v) is 10.2. The molecule has 1 aromatic carbocycles. The van der Waals surface area contributed by atoms with Gasteiger partial charge in [0.25, 0.3) is 0 Å². The SMILES string of the molecule is CN(C)c1cccc2c1C=CCC2S(=O)[O-]. The first kappa shape index (κ1) is 11.4. The van der Waals surface area contributed by atoms with Crippen molar-refractivity contribution < 1.29 is 8.76 Å². The molecule has 0 aromatic heterocycles. The van der Waals surface area contributed by atoms with E-state index in [2.05, 4.69) is 0 Å². The van der Waals surface area contributed by atoms with Crippen LogP contribution in [0.25, 0.3) is 6.08 Å². The fourth-order valence-electron chi connectivity index (χ4n) is 2.04. The van der Waals surface area contributed by atoms with Crippen LogP contribution in [0, 0.1) is 0 Å². The van der Waals surface area contributed by atoms with Gasteiger partial charge in [-0.05, 0) is 29.1 Å². The van der Waals surface area contributed by atoms with Crippen molar-refractivity contribution in [2.45, 2.75) is 11.7 Å². The Hall–Kier alpha value is -1.13. The lowest BCUT2D eigenvalue weighted by atomic mass is 9.95. The lowest BCUT2D eigenvalue weighted by molar-refractivity contribution is 0.523. The molecule has 86 valence electrons. The van der Waals surface area contributed by atoms with E-state index in [4.69, 9.17) is 0 Å². The maximum absolute atomic E-state index is 11.2. The van der Waals surface area contributed by atoms with Crippen molar-refractivity contribution in [3.63, 3.8) is 0 Å². The van der Waals surface area contributed by atoms with Gasteiger partial charge < -0.3 is 9.45 Å². The predicted octanol–water partition coefficient (Wildman–Crippen LogP) is 2.09. The largest absolute Gasteiger partial charge is 0.772 e. The van der Waals surface area contributed by atoms with Gasteiger partial charge in [0, 0.05) is 25.3 Å². The van der Waals surface area contributed by atoms with E-state index in [0.29, 0.717) is 6.42 Å². The molecule has 0 amide bonds. The van der Waals surface area contributed by atoms with E-state index in [1.807, 2.05) is 49.3 Å². The smallest absolute Gasteiger partial charge is 0.0506 e. The van der Waals surface area contributed by atoms with Crippen LogP contribution >= 0.6 is 0 Å². The summed E-state index contributed by atoms with van der Waals surface area (Å²) in [6, 6.07) is 5.80. The summed E-state index contributed by atoms with van der Waals surface area (Å²) in [5.74, 6) is 0. The highest BCUT2D eigenvalue weighted by Gasteiger charge is 2.19. The molecule has 2 rings (SSSR count). The third-order valence-corrected chi connectivity index (χ3v) is 3.72. The van der Waals surface area contributed by atoms with Gasteiger partial charge in [0.15, 0.2) is 0 Å². The van der Waals surface area contributed by atoms with Crippen LogP contribution in [0.15, 0.2) is 24.3 Å². The molecule has 0 aliphatic heterocycles. The van der Waals surface area contributed by atoms with Crippen molar-refractivity contribution in [1.82, 2.24) is 0 Å². The summed E-state index contributed by atoms with van der Waals surface area (Å²) in [6.45, 7) is 0. The Bertz CT molecular complexity index is 454. The highest BCUT2D eigenvalue weighted by molar-refractivity contribution is 7.79. The molecule has 1 aliphatic carbocycles. The van der Waals surface area contributed by atoms with E-state index in [9.17, 15) is 8.76 Å². The fourth-order valence-corrected chi connectivity index (χ4v) is 2.72. The predicted molar refractivity (Wildman–Crippen MR) is 66.1 cm³/mol. The molecule has 1 aromatic rings. The number of hydrogen-bond acceptors (Lipinski definition) is 3. The van der Waals surface area contributed by atoms with E-state index in [1.54, 1.807) is 0 Å². The van der Waals surface area contributed by atoms with Crippen molar-refractivity contribution in [1.29, 1.82) is 0 Å². The van der Waals surface area contributed by atoms with Crippen molar-refractivity contribution in [3.8, 4) is 0 Å². The van der Waals surface area contributed by atoms with Crippen molar-refractivity contribution in [2.24, 2.45) is 0 Å². The molecule has 1 aliphatic rings. The topological polar surface area (TPSA) is 43.4 Å². The zero-order chi connectivity index (χ0) is 11.7. The van der Waals surface area contributed by atoms with Crippen molar-refractivity contribution >= 4 is 22.8 Å². The van der Waals surface area contributed by atoms with Gasteiger partial charge in [0.1, 0.15) is 0 Å². The molecule has 16 heavy (non-hydrogen) atoms. The first-order chi connectivity index (χ1) is 7.61. The molecule has 3 nitrogen and oxygen atoms in total. The minimum atomic E-state index is -2.05. The second kappa shape index (κ2) is 4.39. The maximum Gasteiger partial charge on any atom is 0.0506 e. The van der Waals surface area contributed by atoms with Gasteiger partial charge in [0.05, 0.1) is 5.25 Å². The third-order valence-electron chi connectivity index (χ3n) is 2.81. The molecule has 0 N–H and O–H groups in total. The summed E-state index contributed by atoms with van der Waals surface area (Å²) in [4.78, 5) is 2.00. The van der Waals surface area contributed by atoms with Gasteiger partial charge in [-0.15, -0.1) is 0 Å². The van der Waals surface area contributed by atoms with Gasteiger partial charge >= 0.3 is 0 Å². The number of hydrogen-bond donors (Lipinski definition) is 0. The summed E-state index contributed by atoms with van der Waals surface area (Å²) in [6.07, 6.45) is 4.50. The molecule has 0 fully saturated rings. The molecule has 2 atom stereocenters. The standard InChI is InChI=1S/C12H15NO2S/c1-13(2)11-7-3-6-10-9(11)5-4-8-12(10)16(14)15/h3-7,12H,8H2,1-2H3,(H,14,15)/p-1. The van der Waals surface area contributed by atoms with Gasteiger partial charge in [-0.3, -0.25) is 4.21 Å².